The zero-order chi connectivity index (χ0) is 22.3. The zero-order valence-corrected chi connectivity index (χ0v) is 20.3. The highest BCUT2D eigenvalue weighted by Crippen LogP contribution is 2.81. The van der Waals surface area contributed by atoms with Gasteiger partial charge in [0.05, 0.1) is 0 Å². The lowest BCUT2D eigenvalue weighted by Crippen LogP contribution is -2.10. The fraction of sp³-hybridized carbons (Fsp3) is 0. The van der Waals surface area contributed by atoms with Crippen LogP contribution >= 0.6 is 12.4 Å². The minimum atomic E-state index is -3.40. The molecule has 4 aromatic carbocycles. The minimum absolute atomic E-state index is 0.536. The van der Waals surface area contributed by atoms with E-state index >= 15 is 0 Å². The molecule has 0 fully saturated rings. The third-order valence-electron chi connectivity index (χ3n) is 4.16. The van der Waals surface area contributed by atoms with Crippen molar-refractivity contribution >= 4 is 36.0 Å². The number of hydrogen-bond acceptors (Lipinski definition) is 6. The smallest absolute Gasteiger partial charge is 0.397 e. The molecule has 0 aliphatic heterocycles. The molecule has 0 radical (unpaired) electrons. The molecule has 0 aliphatic carbocycles. The molecule has 0 atom stereocenters. The van der Waals surface area contributed by atoms with Crippen molar-refractivity contribution in [2.75, 3.05) is 0 Å². The van der Waals surface area contributed by atoms with Gasteiger partial charge in [0.1, 0.15) is 23.0 Å². The first-order valence-corrected chi connectivity index (χ1v) is 15.7. The Morgan fingerprint density at radius 1 is 0.344 bits per heavy atom. The van der Waals surface area contributed by atoms with Gasteiger partial charge in [-0.15, -0.1) is 0 Å². The van der Waals surface area contributed by atoms with Crippen molar-refractivity contribution in [1.82, 2.24) is 0 Å². The average Bonchev–Trinajstić information content (AvgIpc) is 2.81. The summed E-state index contributed by atoms with van der Waals surface area (Å²) in [5.41, 5.74) is 0. The van der Waals surface area contributed by atoms with Crippen molar-refractivity contribution in [2.45, 2.75) is 0 Å². The third kappa shape index (κ3) is 5.59. The molecule has 8 heteroatoms. The molecule has 0 amide bonds. The van der Waals surface area contributed by atoms with Crippen LogP contribution in [-0.4, -0.2) is 0 Å². The first kappa shape index (κ1) is 22.6. The van der Waals surface area contributed by atoms with Crippen LogP contribution in [0.1, 0.15) is 0 Å². The van der Waals surface area contributed by atoms with Gasteiger partial charge in [-0.1, -0.05) is 72.8 Å². The minimum Gasteiger partial charge on any atom is -0.428 e. The maximum absolute atomic E-state index is 6.31. The first-order chi connectivity index (χ1) is 15.6. The van der Waals surface area contributed by atoms with Crippen molar-refractivity contribution in [3.63, 3.8) is 0 Å². The molecule has 0 saturated heterocycles. The second kappa shape index (κ2) is 10.3. The summed E-state index contributed by atoms with van der Waals surface area (Å²) in [5.74, 6) is 2.15. The van der Waals surface area contributed by atoms with Crippen LogP contribution in [0.25, 0.3) is 0 Å². The van der Waals surface area contributed by atoms with E-state index in [0.717, 1.165) is 0 Å². The molecule has 4 aromatic rings. The normalized spacial score (nSPS) is 11.4. The van der Waals surface area contributed by atoms with Crippen LogP contribution in [0.15, 0.2) is 121 Å². The monoisotopic (exact) mass is 498 g/mol. The highest BCUT2D eigenvalue weighted by molar-refractivity contribution is 8.60. The molecule has 0 aromatic heterocycles. The van der Waals surface area contributed by atoms with Crippen LogP contribution < -0.4 is 18.1 Å². The van der Waals surface area contributed by atoms with Gasteiger partial charge in [-0.25, -0.2) is 0 Å². The van der Waals surface area contributed by atoms with Gasteiger partial charge in [-0.3, -0.25) is 0 Å². The lowest BCUT2D eigenvalue weighted by Gasteiger charge is -2.32. The van der Waals surface area contributed by atoms with E-state index in [0.29, 0.717) is 23.0 Å². The fourth-order valence-corrected chi connectivity index (χ4v) is 9.29. The summed E-state index contributed by atoms with van der Waals surface area (Å²) in [6.07, 6.45) is -6.80. The Bertz CT molecular complexity index is 1030. The van der Waals surface area contributed by atoms with Crippen LogP contribution in [0.2, 0.25) is 0 Å². The molecule has 0 heterocycles. The van der Waals surface area contributed by atoms with Gasteiger partial charge in [-0.2, -0.15) is 0 Å². The summed E-state index contributed by atoms with van der Waals surface area (Å²) < 4.78 is 25.3. The maximum atomic E-state index is 6.31. The highest BCUT2D eigenvalue weighted by atomic mass is 32.8. The van der Waals surface area contributed by atoms with Gasteiger partial charge < -0.3 is 18.1 Å². The Morgan fingerprint density at radius 2 is 0.531 bits per heavy atom. The molecule has 0 saturated carbocycles. The summed E-state index contributed by atoms with van der Waals surface area (Å²) in [6.45, 7) is 0. The average molecular weight is 499 g/mol. The molecule has 0 aliphatic rings. The summed E-state index contributed by atoms with van der Waals surface area (Å²) in [6, 6.07) is 36.9. The Morgan fingerprint density at radius 3 is 0.719 bits per heavy atom. The van der Waals surface area contributed by atoms with Crippen LogP contribution in [0.4, 0.5) is 0 Å². The predicted molar refractivity (Wildman–Crippen MR) is 137 cm³/mol. The van der Waals surface area contributed by atoms with E-state index in [1.807, 2.05) is 72.8 Å². The molecule has 0 N–H and O–H groups in total. The molecular formula is C24H20O4P2S2. The SMILES string of the molecule is S=P(Oc1ccccc1)(Oc1ccccc1)P(=S)(Oc1ccccc1)Oc1ccccc1. The molecular weight excluding hydrogens is 478 g/mol. The van der Waals surface area contributed by atoms with E-state index < -0.39 is 12.4 Å². The topological polar surface area (TPSA) is 36.9 Å². The quantitative estimate of drug-likeness (QED) is 0.219. The summed E-state index contributed by atoms with van der Waals surface area (Å²) >= 11 is 12.1. The van der Waals surface area contributed by atoms with E-state index in [1.54, 1.807) is 48.5 Å². The lowest BCUT2D eigenvalue weighted by atomic mass is 10.3. The van der Waals surface area contributed by atoms with Crippen LogP contribution in [-0.2, 0) is 23.6 Å². The Balaban J connectivity index is 1.80. The third-order valence-corrected chi connectivity index (χ3v) is 15.0. The predicted octanol–water partition coefficient (Wildman–Crippen LogP) is 7.84. The molecule has 4 nitrogen and oxygen atoms in total. The van der Waals surface area contributed by atoms with Crippen molar-refractivity contribution in [1.29, 1.82) is 0 Å². The van der Waals surface area contributed by atoms with Crippen molar-refractivity contribution in [3.8, 4) is 23.0 Å². The van der Waals surface area contributed by atoms with Gasteiger partial charge >= 0.3 is 12.4 Å². The fourth-order valence-electron chi connectivity index (χ4n) is 2.70. The molecule has 0 spiro atoms. The number of para-hydroxylation sites is 4. The summed E-state index contributed by atoms with van der Waals surface area (Å²) in [4.78, 5) is 0. The van der Waals surface area contributed by atoms with Gasteiger partial charge in [0.15, 0.2) is 0 Å². The first-order valence-electron chi connectivity index (χ1n) is 9.75. The van der Waals surface area contributed by atoms with E-state index in [9.17, 15) is 0 Å². The van der Waals surface area contributed by atoms with Crippen LogP contribution in [0.3, 0.4) is 0 Å². The van der Waals surface area contributed by atoms with E-state index in [4.69, 9.17) is 41.7 Å². The Kier molecular flexibility index (Phi) is 7.29. The zero-order valence-electron chi connectivity index (χ0n) is 16.9. The Labute approximate surface area is 198 Å². The van der Waals surface area contributed by atoms with Crippen molar-refractivity contribution in [3.05, 3.63) is 121 Å². The van der Waals surface area contributed by atoms with E-state index in [-0.39, 0.29) is 0 Å². The largest absolute Gasteiger partial charge is 0.428 e. The molecule has 4 rings (SSSR count). The number of benzene rings is 4. The van der Waals surface area contributed by atoms with E-state index in [1.165, 1.54) is 0 Å². The van der Waals surface area contributed by atoms with E-state index in [2.05, 4.69) is 0 Å². The van der Waals surface area contributed by atoms with Crippen LogP contribution in [0.5, 0.6) is 23.0 Å². The lowest BCUT2D eigenvalue weighted by molar-refractivity contribution is 0.464. The molecule has 32 heavy (non-hydrogen) atoms. The van der Waals surface area contributed by atoms with Crippen molar-refractivity contribution in [2.24, 2.45) is 0 Å². The van der Waals surface area contributed by atoms with Gasteiger partial charge in [0.25, 0.3) is 0 Å². The summed E-state index contributed by atoms with van der Waals surface area (Å²) in [7, 11) is 0. The Hall–Kier alpha value is -2.62. The molecule has 0 bridgehead atoms. The second-order valence-electron chi connectivity index (χ2n) is 6.55. The molecule has 162 valence electrons. The van der Waals surface area contributed by atoms with Crippen LogP contribution in [0, 0.1) is 0 Å². The summed E-state index contributed by atoms with van der Waals surface area (Å²) in [5, 5.41) is 0. The number of hydrogen-bond donors (Lipinski definition) is 0. The second-order valence-corrected chi connectivity index (χ2v) is 16.8. The van der Waals surface area contributed by atoms with Gasteiger partial charge in [0.2, 0.25) is 0 Å². The van der Waals surface area contributed by atoms with Gasteiger partial charge in [-0.05, 0) is 48.5 Å². The standard InChI is InChI=1S/C24H20O4P2S2/c31-29(25-21-13-5-1-6-14-21,26-22-15-7-2-8-16-22)30(32,27-23-17-9-3-10-18-23)28-24-19-11-4-12-20-24/h1-20H. The number of rotatable bonds is 9. The maximum Gasteiger partial charge on any atom is 0.397 e. The van der Waals surface area contributed by atoms with Gasteiger partial charge in [0, 0.05) is 23.6 Å². The highest BCUT2D eigenvalue weighted by Gasteiger charge is 2.47. The van der Waals surface area contributed by atoms with Crippen molar-refractivity contribution < 1.29 is 18.1 Å². The molecule has 0 unspecified atom stereocenters.